The van der Waals surface area contributed by atoms with Gasteiger partial charge in [-0.05, 0) is 32.6 Å². The lowest BCUT2D eigenvalue weighted by Gasteiger charge is -2.21. The summed E-state index contributed by atoms with van der Waals surface area (Å²) < 4.78 is 4.97. The molecular formula is C23H41NO4. The van der Waals surface area contributed by atoms with Crippen molar-refractivity contribution in [2.24, 2.45) is 5.41 Å². The smallest absolute Gasteiger partial charge is 0.333 e. The first-order chi connectivity index (χ1) is 13.2. The Labute approximate surface area is 171 Å². The van der Waals surface area contributed by atoms with Crippen LogP contribution in [-0.2, 0) is 19.1 Å². The zero-order valence-corrected chi connectivity index (χ0v) is 18.5. The zero-order chi connectivity index (χ0) is 21.4. The van der Waals surface area contributed by atoms with E-state index < -0.39 is 0 Å². The molecule has 0 bridgehead atoms. The number of Topliss-reactive ketones (excluding diaryl/α,β-unsaturated/α-hetero) is 1. The molecule has 0 saturated carbocycles. The van der Waals surface area contributed by atoms with Gasteiger partial charge in [0, 0.05) is 30.4 Å². The number of ketones is 1. The minimum absolute atomic E-state index is 0.147. The van der Waals surface area contributed by atoms with Crippen LogP contribution < -0.4 is 5.32 Å². The Morgan fingerprint density at radius 3 is 2.00 bits per heavy atom. The number of carbonyl (C=O) groups is 3. The molecule has 0 aliphatic rings. The number of unbranched alkanes of at least 4 members (excludes halogenated alkanes) is 6. The van der Waals surface area contributed by atoms with Crippen molar-refractivity contribution in [1.29, 1.82) is 0 Å². The van der Waals surface area contributed by atoms with Crippen LogP contribution in [0.3, 0.4) is 0 Å². The fourth-order valence-corrected chi connectivity index (χ4v) is 2.62. The molecule has 1 N–H and O–H groups in total. The van der Waals surface area contributed by atoms with Gasteiger partial charge in [0.2, 0.25) is 5.91 Å². The highest BCUT2D eigenvalue weighted by atomic mass is 16.5. The minimum Gasteiger partial charge on any atom is -0.462 e. The monoisotopic (exact) mass is 395 g/mol. The Morgan fingerprint density at radius 2 is 1.43 bits per heavy atom. The van der Waals surface area contributed by atoms with E-state index >= 15 is 0 Å². The molecular weight excluding hydrogens is 354 g/mol. The van der Waals surface area contributed by atoms with E-state index in [9.17, 15) is 14.4 Å². The Kier molecular flexibility index (Phi) is 14.4. The lowest BCUT2D eigenvalue weighted by Crippen LogP contribution is -2.36. The molecule has 5 nitrogen and oxygen atoms in total. The fourth-order valence-electron chi connectivity index (χ4n) is 2.62. The average Bonchev–Trinajstić information content (AvgIpc) is 2.65. The summed E-state index contributed by atoms with van der Waals surface area (Å²) in [7, 11) is 0. The molecule has 0 radical (unpaired) electrons. The topological polar surface area (TPSA) is 72.5 Å². The van der Waals surface area contributed by atoms with E-state index in [1.807, 2.05) is 20.8 Å². The van der Waals surface area contributed by atoms with E-state index in [0.717, 1.165) is 45.1 Å². The Balaban J connectivity index is 3.43. The predicted molar refractivity (Wildman–Crippen MR) is 114 cm³/mol. The van der Waals surface area contributed by atoms with E-state index in [4.69, 9.17) is 4.74 Å². The molecule has 0 unspecified atom stereocenters. The number of amides is 1. The van der Waals surface area contributed by atoms with Gasteiger partial charge < -0.3 is 10.1 Å². The zero-order valence-electron chi connectivity index (χ0n) is 18.5. The third kappa shape index (κ3) is 13.5. The summed E-state index contributed by atoms with van der Waals surface area (Å²) in [6.07, 6.45) is 10.2. The molecule has 0 fully saturated rings. The molecule has 0 atom stereocenters. The minimum atomic E-state index is -0.389. The van der Waals surface area contributed by atoms with Crippen LogP contribution in [0.5, 0.6) is 0 Å². The van der Waals surface area contributed by atoms with Crippen LogP contribution in [0, 0.1) is 5.41 Å². The standard InChI is InChI=1S/C23H41NO4/c1-6-23(4,5)22(27)24-17-13-11-9-7-8-10-12-15-20(25)16-14-18-28-21(26)19(2)3/h2,6-18H2,1,3-5H3,(H,24,27). The van der Waals surface area contributed by atoms with E-state index in [2.05, 4.69) is 11.9 Å². The summed E-state index contributed by atoms with van der Waals surface area (Å²) >= 11 is 0. The quantitative estimate of drug-likeness (QED) is 0.210. The summed E-state index contributed by atoms with van der Waals surface area (Å²) in [5, 5.41) is 3.02. The normalized spacial score (nSPS) is 11.1. The highest BCUT2D eigenvalue weighted by molar-refractivity contribution is 5.87. The molecule has 0 spiro atoms. The summed E-state index contributed by atoms with van der Waals surface area (Å²) in [5.74, 6) is 0.00500. The average molecular weight is 396 g/mol. The van der Waals surface area contributed by atoms with Gasteiger partial charge in [-0.15, -0.1) is 0 Å². The molecule has 0 aromatic rings. The van der Waals surface area contributed by atoms with E-state index in [0.29, 0.717) is 24.8 Å². The van der Waals surface area contributed by atoms with Crippen molar-refractivity contribution in [2.75, 3.05) is 13.2 Å². The SMILES string of the molecule is C=C(C)C(=O)OCCCC(=O)CCCCCCCCCNC(=O)C(C)(C)CC. The van der Waals surface area contributed by atoms with Crippen molar-refractivity contribution in [2.45, 2.75) is 98.3 Å². The number of nitrogens with one attached hydrogen (secondary N) is 1. The van der Waals surface area contributed by atoms with Crippen molar-refractivity contribution >= 4 is 17.7 Å². The number of carbonyl (C=O) groups excluding carboxylic acids is 3. The summed E-state index contributed by atoms with van der Waals surface area (Å²) in [4.78, 5) is 34.9. The van der Waals surface area contributed by atoms with Crippen LogP contribution in [0.2, 0.25) is 0 Å². The van der Waals surface area contributed by atoms with Gasteiger partial charge in [-0.25, -0.2) is 4.79 Å². The molecule has 1 amide bonds. The van der Waals surface area contributed by atoms with E-state index in [1.165, 1.54) is 12.8 Å². The number of hydrogen-bond donors (Lipinski definition) is 1. The first kappa shape index (κ1) is 26.4. The third-order valence-electron chi connectivity index (χ3n) is 5.10. The molecule has 0 heterocycles. The fraction of sp³-hybridized carbons (Fsp3) is 0.783. The highest BCUT2D eigenvalue weighted by Crippen LogP contribution is 2.19. The summed E-state index contributed by atoms with van der Waals surface area (Å²) in [6, 6.07) is 0. The number of hydrogen-bond acceptors (Lipinski definition) is 4. The van der Waals surface area contributed by atoms with Gasteiger partial charge in [-0.3, -0.25) is 9.59 Å². The first-order valence-electron chi connectivity index (χ1n) is 10.8. The van der Waals surface area contributed by atoms with Gasteiger partial charge >= 0.3 is 5.97 Å². The van der Waals surface area contributed by atoms with Crippen LogP contribution >= 0.6 is 0 Å². The summed E-state index contributed by atoms with van der Waals surface area (Å²) in [6.45, 7) is 12.2. The molecule has 0 saturated heterocycles. The third-order valence-corrected chi connectivity index (χ3v) is 5.10. The molecule has 5 heteroatoms. The second-order valence-electron chi connectivity index (χ2n) is 8.28. The molecule has 0 aliphatic heterocycles. The molecule has 0 aliphatic carbocycles. The second-order valence-corrected chi connectivity index (χ2v) is 8.28. The Morgan fingerprint density at radius 1 is 0.893 bits per heavy atom. The lowest BCUT2D eigenvalue weighted by molar-refractivity contribution is -0.139. The van der Waals surface area contributed by atoms with E-state index in [-0.39, 0.29) is 29.7 Å². The van der Waals surface area contributed by atoms with Gasteiger partial charge in [0.25, 0.3) is 0 Å². The number of ether oxygens (including phenoxy) is 1. The maximum atomic E-state index is 11.9. The van der Waals surface area contributed by atoms with Crippen LogP contribution in [0.1, 0.15) is 98.3 Å². The van der Waals surface area contributed by atoms with Crippen molar-refractivity contribution < 1.29 is 19.1 Å². The van der Waals surface area contributed by atoms with Gasteiger partial charge in [-0.1, -0.05) is 59.5 Å². The largest absolute Gasteiger partial charge is 0.462 e. The van der Waals surface area contributed by atoms with Crippen molar-refractivity contribution in [1.82, 2.24) is 5.32 Å². The second kappa shape index (κ2) is 15.3. The predicted octanol–water partition coefficient (Wildman–Crippen LogP) is 5.13. The Hall–Kier alpha value is -1.65. The van der Waals surface area contributed by atoms with Crippen molar-refractivity contribution in [3.63, 3.8) is 0 Å². The molecule has 0 aromatic heterocycles. The van der Waals surface area contributed by atoms with Crippen LogP contribution in [0.15, 0.2) is 12.2 Å². The van der Waals surface area contributed by atoms with Crippen LogP contribution in [0.25, 0.3) is 0 Å². The maximum absolute atomic E-state index is 11.9. The number of esters is 1. The molecule has 0 rings (SSSR count). The molecule has 162 valence electrons. The van der Waals surface area contributed by atoms with Gasteiger partial charge in [-0.2, -0.15) is 0 Å². The first-order valence-corrected chi connectivity index (χ1v) is 10.8. The van der Waals surface area contributed by atoms with Crippen LogP contribution in [-0.4, -0.2) is 30.8 Å². The maximum Gasteiger partial charge on any atom is 0.333 e. The number of rotatable bonds is 17. The van der Waals surface area contributed by atoms with Gasteiger partial charge in [0.05, 0.1) is 6.61 Å². The van der Waals surface area contributed by atoms with Crippen molar-refractivity contribution in [3.05, 3.63) is 12.2 Å². The van der Waals surface area contributed by atoms with Gasteiger partial charge in [0.15, 0.2) is 0 Å². The summed E-state index contributed by atoms with van der Waals surface area (Å²) in [5.41, 5.74) is 0.114. The Bertz CT molecular complexity index is 497. The highest BCUT2D eigenvalue weighted by Gasteiger charge is 2.24. The molecule has 0 aromatic carbocycles. The molecule has 28 heavy (non-hydrogen) atoms. The van der Waals surface area contributed by atoms with Crippen molar-refractivity contribution in [3.8, 4) is 0 Å². The van der Waals surface area contributed by atoms with E-state index in [1.54, 1.807) is 6.92 Å². The van der Waals surface area contributed by atoms with Crippen LogP contribution in [0.4, 0.5) is 0 Å². The van der Waals surface area contributed by atoms with Gasteiger partial charge in [0.1, 0.15) is 5.78 Å². The lowest BCUT2D eigenvalue weighted by atomic mass is 9.89.